The van der Waals surface area contributed by atoms with Gasteiger partial charge in [0.05, 0.1) is 0 Å². The van der Waals surface area contributed by atoms with Crippen LogP contribution in [0.3, 0.4) is 0 Å². The van der Waals surface area contributed by atoms with Crippen molar-refractivity contribution in [3.05, 3.63) is 83.8 Å². The van der Waals surface area contributed by atoms with E-state index in [0.29, 0.717) is 23.4 Å². The Kier molecular flexibility index (Phi) is 13.7. The summed E-state index contributed by atoms with van der Waals surface area (Å²) in [6, 6.07) is 15.0. The first-order valence-corrected chi connectivity index (χ1v) is 14.3. The van der Waals surface area contributed by atoms with Gasteiger partial charge in [-0.25, -0.2) is 0 Å². The number of nitrogens with zero attached hydrogens (tertiary/aromatic N) is 4. The van der Waals surface area contributed by atoms with Crippen molar-refractivity contribution in [2.75, 3.05) is 20.1 Å². The van der Waals surface area contributed by atoms with Crippen LogP contribution in [0.15, 0.2) is 76.3 Å². The largest absolute Gasteiger partial charge is 0.573 e. The maximum absolute atomic E-state index is 12.1. The van der Waals surface area contributed by atoms with Crippen LogP contribution in [0.4, 0.5) is 13.2 Å². The molecule has 0 unspecified atom stereocenters. The number of nitrogens with one attached hydrogen (secondary N) is 1. The molecule has 43 heavy (non-hydrogen) atoms. The summed E-state index contributed by atoms with van der Waals surface area (Å²) in [6.07, 6.45) is -1.87. The Labute approximate surface area is 253 Å². The average molecular weight is 600 g/mol. The van der Waals surface area contributed by atoms with E-state index in [2.05, 4.69) is 95.5 Å². The molecule has 0 amide bonds. The number of aliphatic imine (C=N–C) groups is 1. The summed E-state index contributed by atoms with van der Waals surface area (Å²) in [5.74, 6) is 0.173. The van der Waals surface area contributed by atoms with E-state index in [1.807, 2.05) is 13.8 Å². The summed E-state index contributed by atoms with van der Waals surface area (Å²) in [7, 11) is 1.60. The van der Waals surface area contributed by atoms with Gasteiger partial charge in [-0.3, -0.25) is 9.89 Å². The normalized spacial score (nSPS) is 11.8. The van der Waals surface area contributed by atoms with Crippen LogP contribution >= 0.6 is 0 Å². The van der Waals surface area contributed by atoms with Crippen molar-refractivity contribution in [3.63, 3.8) is 0 Å². The Balaban J connectivity index is 0.000000304. The van der Waals surface area contributed by atoms with Gasteiger partial charge in [0, 0.05) is 43.5 Å². The molecule has 10 heteroatoms. The number of alkyl halides is 3. The summed E-state index contributed by atoms with van der Waals surface area (Å²) in [6.45, 7) is 21.1. The van der Waals surface area contributed by atoms with E-state index in [0.717, 1.165) is 30.8 Å². The zero-order chi connectivity index (χ0) is 32.2. The number of ether oxygens (including phenoxy) is 1. The number of rotatable bonds is 12. The monoisotopic (exact) mass is 599 g/mol. The van der Waals surface area contributed by atoms with Crippen LogP contribution in [0.5, 0.6) is 5.75 Å². The summed E-state index contributed by atoms with van der Waals surface area (Å²) in [4.78, 5) is 10.7. The minimum Gasteiger partial charge on any atom is -0.406 e. The van der Waals surface area contributed by atoms with Crippen molar-refractivity contribution in [2.45, 2.75) is 73.3 Å². The zero-order valence-electron chi connectivity index (χ0n) is 26.4. The first kappa shape index (κ1) is 35.3. The number of aryl methyl sites for hydroxylation is 1. The minimum absolute atomic E-state index is 0.235. The van der Waals surface area contributed by atoms with Crippen LogP contribution in [-0.4, -0.2) is 59.3 Å². The van der Waals surface area contributed by atoms with Crippen molar-refractivity contribution in [1.29, 1.82) is 0 Å². The molecular weight excluding hydrogens is 555 g/mol. The lowest BCUT2D eigenvalue weighted by Gasteiger charge is -2.30. The van der Waals surface area contributed by atoms with Crippen molar-refractivity contribution < 1.29 is 22.4 Å². The standard InChI is InChI=1S/C18H30N2.C15H14F3N3O2/c1-7-17-9-8-10-18(13-17)16(6)19-11-12-20(14(2)3)15(4)5;1-9(2)8-12(19-3)14-20-13(21-23-14)10-4-6-11(7-5-10)22-15(16,17)18/h8-10,13-15,19H,6-7,11-12H2,1-5H3;4-8H,1-3H3. The van der Waals surface area contributed by atoms with Crippen LogP contribution in [-0.2, 0) is 6.42 Å². The number of hydrogen-bond donors (Lipinski definition) is 1. The number of halogens is 3. The van der Waals surface area contributed by atoms with E-state index >= 15 is 0 Å². The van der Waals surface area contributed by atoms with Crippen molar-refractivity contribution in [2.24, 2.45) is 4.99 Å². The van der Waals surface area contributed by atoms with Gasteiger partial charge in [0.15, 0.2) is 0 Å². The summed E-state index contributed by atoms with van der Waals surface area (Å²) in [5.41, 5.74) is 5.62. The molecule has 234 valence electrons. The lowest BCUT2D eigenvalue weighted by Crippen LogP contribution is -2.41. The highest BCUT2D eigenvalue weighted by molar-refractivity contribution is 6.05. The second kappa shape index (κ2) is 16.6. The first-order chi connectivity index (χ1) is 20.2. The van der Waals surface area contributed by atoms with Crippen molar-refractivity contribution in [1.82, 2.24) is 20.4 Å². The van der Waals surface area contributed by atoms with Gasteiger partial charge in [-0.2, -0.15) is 4.98 Å². The Bertz CT molecular complexity index is 1350. The molecule has 3 rings (SSSR count). The fourth-order valence-corrected chi connectivity index (χ4v) is 4.28. The van der Waals surface area contributed by atoms with Gasteiger partial charge in [0.25, 0.3) is 5.89 Å². The number of hydrogen-bond acceptors (Lipinski definition) is 7. The zero-order valence-corrected chi connectivity index (χ0v) is 26.4. The van der Waals surface area contributed by atoms with Gasteiger partial charge in [0.2, 0.25) is 5.82 Å². The van der Waals surface area contributed by atoms with Crippen LogP contribution in [0.2, 0.25) is 0 Å². The van der Waals surface area contributed by atoms with Crippen LogP contribution < -0.4 is 10.1 Å². The molecule has 0 radical (unpaired) electrons. The number of allylic oxidation sites excluding steroid dienone is 2. The fourth-order valence-electron chi connectivity index (χ4n) is 4.28. The second-order valence-corrected chi connectivity index (χ2v) is 10.7. The van der Waals surface area contributed by atoms with Crippen LogP contribution in [0, 0.1) is 0 Å². The minimum atomic E-state index is -4.72. The van der Waals surface area contributed by atoms with Gasteiger partial charge in [-0.1, -0.05) is 42.4 Å². The maximum Gasteiger partial charge on any atom is 0.573 e. The average Bonchev–Trinajstić information content (AvgIpc) is 3.43. The Morgan fingerprint density at radius 2 is 1.74 bits per heavy atom. The van der Waals surface area contributed by atoms with Gasteiger partial charge >= 0.3 is 6.36 Å². The van der Waals surface area contributed by atoms with E-state index in [4.69, 9.17) is 4.52 Å². The van der Waals surface area contributed by atoms with Gasteiger partial charge < -0.3 is 14.6 Å². The SMILES string of the molecule is C=C(NCCN(C(C)C)C(C)C)c1cccc(CC)c1.CN=C(C=C(C)C)c1nc(-c2ccc(OC(F)(F)F)cc2)no1. The predicted molar refractivity (Wildman–Crippen MR) is 168 cm³/mol. The molecule has 0 atom stereocenters. The van der Waals surface area contributed by atoms with Gasteiger partial charge in [-0.15, -0.1) is 13.2 Å². The van der Waals surface area contributed by atoms with E-state index in [-0.39, 0.29) is 17.5 Å². The quantitative estimate of drug-likeness (QED) is 0.213. The summed E-state index contributed by atoms with van der Waals surface area (Å²) in [5, 5.41) is 7.26. The molecule has 2 aromatic carbocycles. The second-order valence-electron chi connectivity index (χ2n) is 10.7. The smallest absolute Gasteiger partial charge is 0.406 e. The van der Waals surface area contributed by atoms with Crippen LogP contribution in [0.25, 0.3) is 17.1 Å². The fraction of sp³-hybridized carbons (Fsp3) is 0.424. The van der Waals surface area contributed by atoms with Gasteiger partial charge in [-0.05, 0) is 95.5 Å². The molecule has 0 saturated heterocycles. The summed E-state index contributed by atoms with van der Waals surface area (Å²) >= 11 is 0. The predicted octanol–water partition coefficient (Wildman–Crippen LogP) is 7.95. The summed E-state index contributed by atoms with van der Waals surface area (Å²) < 4.78 is 45.3. The molecule has 1 heterocycles. The lowest BCUT2D eigenvalue weighted by molar-refractivity contribution is -0.274. The van der Waals surface area contributed by atoms with Crippen molar-refractivity contribution >= 4 is 11.4 Å². The van der Waals surface area contributed by atoms with E-state index < -0.39 is 6.36 Å². The van der Waals surface area contributed by atoms with Crippen LogP contribution in [0.1, 0.15) is 65.5 Å². The third-order valence-electron chi connectivity index (χ3n) is 6.38. The molecule has 1 aromatic heterocycles. The molecule has 1 N–H and O–H groups in total. The Hall–Kier alpha value is -3.92. The molecule has 0 aliphatic rings. The molecule has 3 aromatic rings. The highest BCUT2D eigenvalue weighted by atomic mass is 19.4. The van der Waals surface area contributed by atoms with Gasteiger partial charge in [0.1, 0.15) is 11.5 Å². The molecule has 0 spiro atoms. The third-order valence-corrected chi connectivity index (χ3v) is 6.38. The highest BCUT2D eigenvalue weighted by Crippen LogP contribution is 2.25. The van der Waals surface area contributed by atoms with Crippen molar-refractivity contribution in [3.8, 4) is 17.1 Å². The van der Waals surface area contributed by atoms with E-state index in [1.54, 1.807) is 13.1 Å². The third kappa shape index (κ3) is 12.1. The molecule has 7 nitrogen and oxygen atoms in total. The molecule has 0 fully saturated rings. The van der Waals surface area contributed by atoms with E-state index in [1.165, 1.54) is 35.4 Å². The molecule has 0 aliphatic carbocycles. The molecule has 0 saturated carbocycles. The molecular formula is C33H44F3N5O2. The Morgan fingerprint density at radius 1 is 1.09 bits per heavy atom. The first-order valence-electron chi connectivity index (χ1n) is 14.3. The number of aromatic nitrogens is 2. The lowest BCUT2D eigenvalue weighted by atomic mass is 10.1. The topological polar surface area (TPSA) is 75.8 Å². The molecule has 0 aliphatic heterocycles. The van der Waals surface area contributed by atoms with E-state index in [9.17, 15) is 13.2 Å². The highest BCUT2D eigenvalue weighted by Gasteiger charge is 2.31. The Morgan fingerprint density at radius 3 is 2.28 bits per heavy atom. The molecule has 0 bridgehead atoms. The maximum atomic E-state index is 12.1. The number of benzene rings is 2.